The minimum Gasteiger partial charge on any atom is -0.372 e. The monoisotopic (exact) mass is 199 g/mol. The van der Waals surface area contributed by atoms with Gasteiger partial charge in [0.25, 0.3) is 0 Å². The molecule has 1 heterocycles. The molecule has 2 rings (SSSR count). The van der Waals surface area contributed by atoms with Crippen molar-refractivity contribution in [2.45, 2.75) is 18.6 Å². The molecule has 2 atom stereocenters. The van der Waals surface area contributed by atoms with E-state index in [1.54, 1.807) is 0 Å². The first-order valence-electron chi connectivity index (χ1n) is 4.30. The second-order valence-electron chi connectivity index (χ2n) is 3.15. The summed E-state index contributed by atoms with van der Waals surface area (Å²) in [5, 5.41) is 0. The zero-order valence-electron chi connectivity index (χ0n) is 7.35. The van der Waals surface area contributed by atoms with E-state index in [-0.39, 0.29) is 24.6 Å². The van der Waals surface area contributed by atoms with Crippen LogP contribution < -0.4 is 5.73 Å². The third kappa shape index (κ3) is 2.21. The van der Waals surface area contributed by atoms with Crippen molar-refractivity contribution in [3.05, 3.63) is 35.9 Å². The number of hydrogen-bond donors (Lipinski definition) is 1. The van der Waals surface area contributed by atoms with Gasteiger partial charge in [0.2, 0.25) is 0 Å². The molecule has 72 valence electrons. The summed E-state index contributed by atoms with van der Waals surface area (Å²) in [6.45, 7) is 0.792. The van der Waals surface area contributed by atoms with Crippen LogP contribution in [-0.4, -0.2) is 12.6 Å². The number of nitrogens with two attached hydrogens (primary N) is 1. The lowest BCUT2D eigenvalue weighted by Crippen LogP contribution is -2.23. The highest BCUT2D eigenvalue weighted by atomic mass is 35.5. The summed E-state index contributed by atoms with van der Waals surface area (Å²) in [6, 6.07) is 10.3. The maximum absolute atomic E-state index is 5.89. The molecule has 1 aliphatic heterocycles. The van der Waals surface area contributed by atoms with Gasteiger partial charge in [-0.2, -0.15) is 0 Å². The Kier molecular flexibility index (Phi) is 3.72. The summed E-state index contributed by atoms with van der Waals surface area (Å²) in [5.41, 5.74) is 7.08. The molecule has 0 radical (unpaired) electrons. The third-order valence-electron chi connectivity index (χ3n) is 2.27. The van der Waals surface area contributed by atoms with E-state index in [0.717, 1.165) is 13.0 Å². The van der Waals surface area contributed by atoms with Crippen molar-refractivity contribution < 1.29 is 4.74 Å². The molecule has 1 saturated heterocycles. The summed E-state index contributed by atoms with van der Waals surface area (Å²) in [4.78, 5) is 0. The van der Waals surface area contributed by atoms with Crippen LogP contribution in [-0.2, 0) is 4.74 Å². The van der Waals surface area contributed by atoms with Gasteiger partial charge in [0, 0.05) is 12.6 Å². The minimum atomic E-state index is 0. The number of hydrogen-bond acceptors (Lipinski definition) is 2. The van der Waals surface area contributed by atoms with Gasteiger partial charge in [-0.1, -0.05) is 30.3 Å². The first kappa shape index (κ1) is 10.5. The van der Waals surface area contributed by atoms with Gasteiger partial charge >= 0.3 is 0 Å². The van der Waals surface area contributed by atoms with E-state index in [9.17, 15) is 0 Å². The van der Waals surface area contributed by atoms with Gasteiger partial charge in [0.15, 0.2) is 0 Å². The summed E-state index contributed by atoms with van der Waals surface area (Å²) in [7, 11) is 0. The van der Waals surface area contributed by atoms with E-state index in [4.69, 9.17) is 10.5 Å². The topological polar surface area (TPSA) is 35.2 Å². The fourth-order valence-corrected chi connectivity index (χ4v) is 1.59. The van der Waals surface area contributed by atoms with Gasteiger partial charge < -0.3 is 10.5 Å². The van der Waals surface area contributed by atoms with Crippen LogP contribution >= 0.6 is 12.4 Å². The Morgan fingerprint density at radius 1 is 1.23 bits per heavy atom. The summed E-state index contributed by atoms with van der Waals surface area (Å²) >= 11 is 0. The zero-order valence-corrected chi connectivity index (χ0v) is 8.17. The first-order valence-corrected chi connectivity index (χ1v) is 4.30. The van der Waals surface area contributed by atoms with Crippen molar-refractivity contribution in [3.63, 3.8) is 0 Å². The van der Waals surface area contributed by atoms with E-state index >= 15 is 0 Å². The number of benzene rings is 1. The van der Waals surface area contributed by atoms with Gasteiger partial charge in [-0.15, -0.1) is 12.4 Å². The number of halogens is 1. The Labute approximate surface area is 84.5 Å². The van der Waals surface area contributed by atoms with Gasteiger partial charge in [-0.3, -0.25) is 0 Å². The second kappa shape index (κ2) is 4.61. The van der Waals surface area contributed by atoms with Crippen LogP contribution in [0.25, 0.3) is 0 Å². The van der Waals surface area contributed by atoms with Gasteiger partial charge in [-0.25, -0.2) is 0 Å². The molecule has 2 N–H and O–H groups in total. The van der Waals surface area contributed by atoms with Crippen molar-refractivity contribution in [3.8, 4) is 0 Å². The van der Waals surface area contributed by atoms with Crippen LogP contribution in [0.1, 0.15) is 18.1 Å². The van der Waals surface area contributed by atoms with Crippen molar-refractivity contribution in [2.24, 2.45) is 5.73 Å². The minimum absolute atomic E-state index is 0. The molecule has 13 heavy (non-hydrogen) atoms. The zero-order chi connectivity index (χ0) is 8.39. The van der Waals surface area contributed by atoms with Crippen molar-refractivity contribution in [2.75, 3.05) is 6.61 Å². The molecule has 0 spiro atoms. The highest BCUT2D eigenvalue weighted by molar-refractivity contribution is 5.85. The standard InChI is InChI=1S/C10H13NO.ClH/c11-9-6-7-12-10(9)8-4-2-1-3-5-8;/h1-5,9-10H,6-7,11H2;1H/t9-,10+;/m1./s1. The van der Waals surface area contributed by atoms with E-state index in [1.165, 1.54) is 5.56 Å². The molecule has 0 bridgehead atoms. The number of rotatable bonds is 1. The molecule has 3 heteroatoms. The molecule has 0 amide bonds. The smallest absolute Gasteiger partial charge is 0.0976 e. The van der Waals surface area contributed by atoms with Crippen LogP contribution in [0.5, 0.6) is 0 Å². The quantitative estimate of drug-likeness (QED) is 0.750. The van der Waals surface area contributed by atoms with Crippen LogP contribution in [0, 0.1) is 0 Å². The van der Waals surface area contributed by atoms with Crippen LogP contribution in [0.15, 0.2) is 30.3 Å². The molecule has 1 aliphatic rings. The maximum Gasteiger partial charge on any atom is 0.0976 e. The molecule has 0 aliphatic carbocycles. The molecule has 0 saturated carbocycles. The lowest BCUT2D eigenvalue weighted by molar-refractivity contribution is 0.105. The molecule has 1 aromatic carbocycles. The van der Waals surface area contributed by atoms with E-state index in [1.807, 2.05) is 18.2 Å². The summed E-state index contributed by atoms with van der Waals surface area (Å²) in [5.74, 6) is 0. The average Bonchev–Trinajstić information content (AvgIpc) is 2.53. The Morgan fingerprint density at radius 2 is 1.92 bits per heavy atom. The Morgan fingerprint density at radius 3 is 2.46 bits per heavy atom. The fourth-order valence-electron chi connectivity index (χ4n) is 1.59. The predicted molar refractivity (Wildman–Crippen MR) is 55.0 cm³/mol. The largest absolute Gasteiger partial charge is 0.372 e. The van der Waals surface area contributed by atoms with Gasteiger partial charge in [0.05, 0.1) is 6.10 Å². The van der Waals surface area contributed by atoms with Crippen molar-refractivity contribution >= 4 is 12.4 Å². The average molecular weight is 200 g/mol. The number of ether oxygens (including phenoxy) is 1. The predicted octanol–water partition coefficient (Wildman–Crippen LogP) is 1.90. The van der Waals surface area contributed by atoms with Crippen LogP contribution in [0.3, 0.4) is 0 Å². The first-order chi connectivity index (χ1) is 5.88. The van der Waals surface area contributed by atoms with E-state index in [2.05, 4.69) is 12.1 Å². The van der Waals surface area contributed by atoms with Crippen molar-refractivity contribution in [1.29, 1.82) is 0 Å². The summed E-state index contributed by atoms with van der Waals surface area (Å²) in [6.07, 6.45) is 1.09. The molecule has 0 aromatic heterocycles. The molecular formula is C10H14ClNO. The third-order valence-corrected chi connectivity index (χ3v) is 2.27. The van der Waals surface area contributed by atoms with Crippen molar-refractivity contribution in [1.82, 2.24) is 0 Å². The maximum atomic E-state index is 5.89. The highest BCUT2D eigenvalue weighted by Gasteiger charge is 2.25. The molecule has 2 nitrogen and oxygen atoms in total. The Balaban J connectivity index is 0.000000845. The Hall–Kier alpha value is -0.570. The normalized spacial score (nSPS) is 26.8. The van der Waals surface area contributed by atoms with Gasteiger partial charge in [-0.05, 0) is 12.0 Å². The molecule has 0 unspecified atom stereocenters. The van der Waals surface area contributed by atoms with Crippen LogP contribution in [0.2, 0.25) is 0 Å². The van der Waals surface area contributed by atoms with E-state index < -0.39 is 0 Å². The van der Waals surface area contributed by atoms with E-state index in [0.29, 0.717) is 0 Å². The highest BCUT2D eigenvalue weighted by Crippen LogP contribution is 2.26. The second-order valence-corrected chi connectivity index (χ2v) is 3.15. The molecule has 1 aromatic rings. The molecular weight excluding hydrogens is 186 g/mol. The Bertz CT molecular complexity index is 252. The lowest BCUT2D eigenvalue weighted by atomic mass is 10.0. The summed E-state index contributed by atoms with van der Waals surface area (Å²) < 4.78 is 5.53. The molecule has 1 fully saturated rings. The van der Waals surface area contributed by atoms with Crippen LogP contribution in [0.4, 0.5) is 0 Å². The fraction of sp³-hybridized carbons (Fsp3) is 0.400. The van der Waals surface area contributed by atoms with Gasteiger partial charge in [0.1, 0.15) is 0 Å². The lowest BCUT2D eigenvalue weighted by Gasteiger charge is -2.14. The SMILES string of the molecule is Cl.N[C@@H]1CCO[C@H]1c1ccccc1.